The van der Waals surface area contributed by atoms with Gasteiger partial charge in [0.25, 0.3) is 0 Å². The van der Waals surface area contributed by atoms with Gasteiger partial charge in [-0.3, -0.25) is 10.1 Å². The lowest BCUT2D eigenvalue weighted by Crippen LogP contribution is -2.29. The molecular weight excluding hydrogens is 262 g/mol. The Kier molecular flexibility index (Phi) is 4.03. The minimum absolute atomic E-state index is 0.114. The molecule has 1 aliphatic heterocycles. The van der Waals surface area contributed by atoms with Gasteiger partial charge in [-0.2, -0.15) is 0 Å². The van der Waals surface area contributed by atoms with E-state index in [-0.39, 0.29) is 11.5 Å². The summed E-state index contributed by atoms with van der Waals surface area (Å²) in [4.78, 5) is 20.6. The first kappa shape index (κ1) is 14.4. The summed E-state index contributed by atoms with van der Waals surface area (Å²) in [6, 6.07) is 0. The monoisotopic (exact) mass is 281 g/mol. The third-order valence-electron chi connectivity index (χ3n) is 3.59. The van der Waals surface area contributed by atoms with E-state index in [1.165, 1.54) is 6.33 Å². The predicted octanol–water partition coefficient (Wildman–Crippen LogP) is 1.17. The molecule has 8 nitrogen and oxygen atoms in total. The second-order valence-electron chi connectivity index (χ2n) is 5.24. The zero-order chi connectivity index (χ0) is 14.8. The van der Waals surface area contributed by atoms with Crippen molar-refractivity contribution in [3.05, 3.63) is 16.4 Å². The van der Waals surface area contributed by atoms with Crippen molar-refractivity contribution in [1.29, 1.82) is 0 Å². The molecule has 0 amide bonds. The smallest absolute Gasteiger partial charge is 0.353 e. The maximum absolute atomic E-state index is 11.3. The fourth-order valence-corrected chi connectivity index (χ4v) is 2.43. The molecule has 0 radical (unpaired) electrons. The molecule has 1 aromatic rings. The van der Waals surface area contributed by atoms with Crippen molar-refractivity contribution in [3.8, 4) is 0 Å². The SMILES string of the molecule is CNc1ncnc(N2CCCC(C)(O)CC2)c1[N+](=O)[O-]. The van der Waals surface area contributed by atoms with Crippen LogP contribution < -0.4 is 10.2 Å². The van der Waals surface area contributed by atoms with E-state index in [1.54, 1.807) is 14.0 Å². The zero-order valence-corrected chi connectivity index (χ0v) is 11.7. The van der Waals surface area contributed by atoms with Crippen molar-refractivity contribution >= 4 is 17.3 Å². The van der Waals surface area contributed by atoms with Gasteiger partial charge >= 0.3 is 5.69 Å². The quantitative estimate of drug-likeness (QED) is 0.633. The molecule has 1 atom stereocenters. The first-order valence-corrected chi connectivity index (χ1v) is 6.59. The molecule has 1 saturated heterocycles. The molecule has 0 saturated carbocycles. The number of aromatic nitrogens is 2. The molecule has 1 aromatic heterocycles. The molecule has 1 fully saturated rings. The molecule has 1 unspecified atom stereocenters. The summed E-state index contributed by atoms with van der Waals surface area (Å²) in [5.74, 6) is 0.517. The van der Waals surface area contributed by atoms with Gasteiger partial charge in [0.15, 0.2) is 0 Å². The van der Waals surface area contributed by atoms with E-state index in [0.29, 0.717) is 31.7 Å². The minimum Gasteiger partial charge on any atom is -0.390 e. The largest absolute Gasteiger partial charge is 0.390 e. The Hall–Kier alpha value is -1.96. The Morgan fingerprint density at radius 3 is 2.85 bits per heavy atom. The number of hydrogen-bond acceptors (Lipinski definition) is 7. The third kappa shape index (κ3) is 2.96. The Morgan fingerprint density at radius 2 is 2.20 bits per heavy atom. The van der Waals surface area contributed by atoms with Crippen molar-refractivity contribution in [2.45, 2.75) is 31.8 Å². The van der Waals surface area contributed by atoms with Crippen LogP contribution in [0.1, 0.15) is 26.2 Å². The van der Waals surface area contributed by atoms with Crippen LogP contribution >= 0.6 is 0 Å². The number of nitrogens with one attached hydrogen (secondary N) is 1. The van der Waals surface area contributed by atoms with Gasteiger partial charge in [0.2, 0.25) is 11.6 Å². The standard InChI is InChI=1S/C12H19N5O3/c1-12(18)4-3-6-16(7-5-12)11-9(17(19)20)10(13-2)14-8-15-11/h8,18H,3-7H2,1-2H3,(H,13,14,15). The molecule has 8 heteroatoms. The van der Waals surface area contributed by atoms with Crippen LogP contribution in [0.4, 0.5) is 17.3 Å². The number of nitrogens with zero attached hydrogens (tertiary/aromatic N) is 4. The Balaban J connectivity index is 2.35. The molecule has 1 aliphatic rings. The highest BCUT2D eigenvalue weighted by Gasteiger charge is 2.30. The van der Waals surface area contributed by atoms with Crippen molar-refractivity contribution in [1.82, 2.24) is 9.97 Å². The second-order valence-corrected chi connectivity index (χ2v) is 5.24. The highest BCUT2D eigenvalue weighted by atomic mass is 16.6. The van der Waals surface area contributed by atoms with Gasteiger partial charge in [-0.1, -0.05) is 0 Å². The van der Waals surface area contributed by atoms with Crippen molar-refractivity contribution in [2.75, 3.05) is 30.4 Å². The summed E-state index contributed by atoms with van der Waals surface area (Å²) in [5.41, 5.74) is -0.834. The van der Waals surface area contributed by atoms with Gasteiger partial charge in [-0.05, 0) is 26.2 Å². The lowest BCUT2D eigenvalue weighted by Gasteiger charge is -2.23. The van der Waals surface area contributed by atoms with E-state index >= 15 is 0 Å². The maximum Gasteiger partial charge on any atom is 0.353 e. The molecule has 20 heavy (non-hydrogen) atoms. The van der Waals surface area contributed by atoms with Gasteiger partial charge < -0.3 is 15.3 Å². The minimum atomic E-state index is -0.720. The lowest BCUT2D eigenvalue weighted by atomic mass is 9.98. The Morgan fingerprint density at radius 1 is 1.45 bits per heavy atom. The van der Waals surface area contributed by atoms with Gasteiger partial charge in [0.05, 0.1) is 10.5 Å². The first-order chi connectivity index (χ1) is 9.44. The molecule has 0 aromatic carbocycles. The molecule has 0 aliphatic carbocycles. The summed E-state index contributed by atoms with van der Waals surface area (Å²) in [5, 5.41) is 24.1. The van der Waals surface area contributed by atoms with Crippen LogP contribution in [0.5, 0.6) is 0 Å². The van der Waals surface area contributed by atoms with Crippen LogP contribution in [0.15, 0.2) is 6.33 Å². The number of aliphatic hydroxyl groups is 1. The molecule has 2 heterocycles. The van der Waals surface area contributed by atoms with Crippen LogP contribution in [-0.2, 0) is 0 Å². The summed E-state index contributed by atoms with van der Waals surface area (Å²) < 4.78 is 0. The van der Waals surface area contributed by atoms with E-state index in [0.717, 1.165) is 6.42 Å². The zero-order valence-electron chi connectivity index (χ0n) is 11.7. The van der Waals surface area contributed by atoms with Crippen LogP contribution in [0.3, 0.4) is 0 Å². The Bertz CT molecular complexity index is 506. The second kappa shape index (κ2) is 5.58. The highest BCUT2D eigenvalue weighted by Crippen LogP contribution is 2.33. The summed E-state index contributed by atoms with van der Waals surface area (Å²) in [7, 11) is 1.59. The van der Waals surface area contributed by atoms with Crippen molar-refractivity contribution < 1.29 is 10.0 Å². The van der Waals surface area contributed by atoms with Gasteiger partial charge in [0, 0.05) is 20.1 Å². The molecule has 2 N–H and O–H groups in total. The van der Waals surface area contributed by atoms with Gasteiger partial charge in [-0.25, -0.2) is 9.97 Å². The van der Waals surface area contributed by atoms with E-state index in [4.69, 9.17) is 0 Å². The van der Waals surface area contributed by atoms with E-state index in [9.17, 15) is 15.2 Å². The van der Waals surface area contributed by atoms with Crippen LogP contribution in [0, 0.1) is 10.1 Å². The van der Waals surface area contributed by atoms with Gasteiger partial charge in [-0.15, -0.1) is 0 Å². The summed E-state index contributed by atoms with van der Waals surface area (Å²) >= 11 is 0. The first-order valence-electron chi connectivity index (χ1n) is 6.59. The van der Waals surface area contributed by atoms with Crippen molar-refractivity contribution in [2.24, 2.45) is 0 Å². The number of anilines is 2. The Labute approximate surface area is 117 Å². The fraction of sp³-hybridized carbons (Fsp3) is 0.667. The molecule has 0 spiro atoms. The topological polar surface area (TPSA) is 104 Å². The van der Waals surface area contributed by atoms with Crippen LogP contribution in [0.25, 0.3) is 0 Å². The number of nitro groups is 1. The fourth-order valence-electron chi connectivity index (χ4n) is 2.43. The predicted molar refractivity (Wildman–Crippen MR) is 74.9 cm³/mol. The number of hydrogen-bond donors (Lipinski definition) is 2. The number of rotatable bonds is 3. The van der Waals surface area contributed by atoms with Crippen LogP contribution in [0.2, 0.25) is 0 Å². The molecular formula is C12H19N5O3. The van der Waals surface area contributed by atoms with E-state index in [2.05, 4.69) is 15.3 Å². The molecule has 2 rings (SSSR count). The normalized spacial score (nSPS) is 23.2. The summed E-state index contributed by atoms with van der Waals surface area (Å²) in [6.45, 7) is 2.97. The maximum atomic E-state index is 11.3. The average Bonchev–Trinajstić information content (AvgIpc) is 2.58. The van der Waals surface area contributed by atoms with Gasteiger partial charge in [0.1, 0.15) is 6.33 Å². The highest BCUT2D eigenvalue weighted by molar-refractivity contribution is 5.70. The van der Waals surface area contributed by atoms with Crippen LogP contribution in [-0.4, -0.2) is 45.7 Å². The molecule has 110 valence electrons. The van der Waals surface area contributed by atoms with E-state index in [1.807, 2.05) is 4.90 Å². The third-order valence-corrected chi connectivity index (χ3v) is 3.59. The summed E-state index contributed by atoms with van der Waals surface area (Å²) in [6.07, 6.45) is 3.32. The van der Waals surface area contributed by atoms with E-state index < -0.39 is 10.5 Å². The molecule has 0 bridgehead atoms. The average molecular weight is 281 g/mol. The lowest BCUT2D eigenvalue weighted by molar-refractivity contribution is -0.383. The van der Waals surface area contributed by atoms with Crippen molar-refractivity contribution in [3.63, 3.8) is 0 Å².